The van der Waals surface area contributed by atoms with Crippen LogP contribution in [0, 0.1) is 6.92 Å². The predicted molar refractivity (Wildman–Crippen MR) is 120 cm³/mol. The summed E-state index contributed by atoms with van der Waals surface area (Å²) in [6.07, 6.45) is 0. The first-order valence-electron chi connectivity index (χ1n) is 9.43. The molecule has 0 aliphatic carbocycles. The van der Waals surface area contributed by atoms with E-state index in [4.69, 9.17) is 4.74 Å². The fourth-order valence-corrected chi connectivity index (χ4v) is 4.80. The van der Waals surface area contributed by atoms with Gasteiger partial charge in [-0.1, -0.05) is 24.3 Å². The molecule has 0 fully saturated rings. The van der Waals surface area contributed by atoms with Crippen LogP contribution in [0.5, 0.6) is 0 Å². The molecule has 31 heavy (non-hydrogen) atoms. The summed E-state index contributed by atoms with van der Waals surface area (Å²) in [5.74, 6) is -0.538. The van der Waals surface area contributed by atoms with Crippen molar-refractivity contribution in [3.63, 3.8) is 0 Å². The number of fused-ring (bicyclic) bond motifs is 1. The molecular formula is C22H16N4O3S2. The molecular weight excluding hydrogens is 432 g/mol. The Kier molecular flexibility index (Phi) is 4.97. The van der Waals surface area contributed by atoms with E-state index < -0.39 is 5.97 Å². The fraction of sp³-hybridized carbons (Fsp3) is 0.0909. The Morgan fingerprint density at radius 2 is 1.94 bits per heavy atom. The van der Waals surface area contributed by atoms with E-state index in [2.05, 4.69) is 10.1 Å². The SMILES string of the molecule is Cc1csc2nc(COC(=O)c3cc(-c4cccs4)nn3-c3ccccc3)cc(=O)n12. The highest BCUT2D eigenvalue weighted by molar-refractivity contribution is 7.15. The van der Waals surface area contributed by atoms with Crippen molar-refractivity contribution in [2.75, 3.05) is 0 Å². The number of benzene rings is 1. The molecule has 154 valence electrons. The highest BCUT2D eigenvalue weighted by Gasteiger charge is 2.20. The number of para-hydroxylation sites is 1. The van der Waals surface area contributed by atoms with E-state index in [-0.39, 0.29) is 12.2 Å². The quantitative estimate of drug-likeness (QED) is 0.374. The molecule has 0 amide bonds. The normalized spacial score (nSPS) is 11.1. The molecule has 7 nitrogen and oxygen atoms in total. The van der Waals surface area contributed by atoms with Gasteiger partial charge in [-0.05, 0) is 30.5 Å². The van der Waals surface area contributed by atoms with Gasteiger partial charge in [0.05, 0.1) is 16.3 Å². The first-order valence-corrected chi connectivity index (χ1v) is 11.2. The lowest BCUT2D eigenvalue weighted by molar-refractivity contribution is 0.0457. The zero-order valence-corrected chi connectivity index (χ0v) is 18.0. The minimum absolute atomic E-state index is 0.101. The molecule has 4 aromatic heterocycles. The predicted octanol–water partition coefficient (Wildman–Crippen LogP) is 4.34. The smallest absolute Gasteiger partial charge is 0.357 e. The minimum Gasteiger partial charge on any atom is -0.454 e. The molecule has 0 unspecified atom stereocenters. The van der Waals surface area contributed by atoms with Crippen LogP contribution in [0.3, 0.4) is 0 Å². The summed E-state index contributed by atoms with van der Waals surface area (Å²) >= 11 is 2.92. The number of thiazole rings is 1. The molecule has 4 heterocycles. The molecule has 1 aromatic carbocycles. The van der Waals surface area contributed by atoms with Crippen LogP contribution in [0.25, 0.3) is 21.2 Å². The van der Waals surface area contributed by atoms with Crippen molar-refractivity contribution >= 4 is 33.6 Å². The molecule has 0 N–H and O–H groups in total. The summed E-state index contributed by atoms with van der Waals surface area (Å²) in [6.45, 7) is 1.75. The van der Waals surface area contributed by atoms with Crippen molar-refractivity contribution in [2.24, 2.45) is 0 Å². The largest absolute Gasteiger partial charge is 0.454 e. The molecule has 0 saturated carbocycles. The van der Waals surface area contributed by atoms with Crippen LogP contribution in [0.15, 0.2) is 70.2 Å². The van der Waals surface area contributed by atoms with E-state index in [1.807, 2.05) is 60.1 Å². The third-order valence-electron chi connectivity index (χ3n) is 4.67. The van der Waals surface area contributed by atoms with Gasteiger partial charge in [0.1, 0.15) is 12.3 Å². The first-order chi connectivity index (χ1) is 15.1. The number of aryl methyl sites for hydroxylation is 1. The van der Waals surface area contributed by atoms with Gasteiger partial charge < -0.3 is 4.74 Å². The Morgan fingerprint density at radius 3 is 2.71 bits per heavy atom. The van der Waals surface area contributed by atoms with E-state index >= 15 is 0 Å². The number of carbonyl (C=O) groups is 1. The maximum Gasteiger partial charge on any atom is 0.357 e. The van der Waals surface area contributed by atoms with Crippen LogP contribution < -0.4 is 5.56 Å². The summed E-state index contributed by atoms with van der Waals surface area (Å²) in [4.78, 5) is 31.3. The van der Waals surface area contributed by atoms with Gasteiger partial charge in [-0.25, -0.2) is 14.5 Å². The number of ether oxygens (including phenoxy) is 1. The third kappa shape index (κ3) is 3.69. The second-order valence-electron chi connectivity index (χ2n) is 6.80. The standard InChI is InChI=1S/C22H16N4O3S2/c1-14-13-31-22-23-15(10-20(27)25(14)22)12-29-21(28)18-11-17(19-8-5-9-30-19)24-26(18)16-6-3-2-4-7-16/h2-11,13H,12H2,1H3. The van der Waals surface area contributed by atoms with Crippen molar-refractivity contribution < 1.29 is 9.53 Å². The second-order valence-corrected chi connectivity index (χ2v) is 8.58. The average Bonchev–Trinajstić information content (AvgIpc) is 3.52. The summed E-state index contributed by atoms with van der Waals surface area (Å²) in [7, 11) is 0. The monoisotopic (exact) mass is 448 g/mol. The van der Waals surface area contributed by atoms with Crippen molar-refractivity contribution in [2.45, 2.75) is 13.5 Å². The van der Waals surface area contributed by atoms with Gasteiger partial charge in [-0.15, -0.1) is 22.7 Å². The van der Waals surface area contributed by atoms with Crippen LogP contribution in [0.4, 0.5) is 0 Å². The number of hydrogen-bond donors (Lipinski definition) is 0. The Bertz CT molecular complexity index is 1430. The molecule has 0 atom stereocenters. The van der Waals surface area contributed by atoms with E-state index in [1.165, 1.54) is 21.8 Å². The summed E-state index contributed by atoms with van der Waals surface area (Å²) in [6, 6.07) is 16.4. The maximum absolute atomic E-state index is 13.0. The van der Waals surface area contributed by atoms with E-state index in [0.717, 1.165) is 16.3 Å². The highest BCUT2D eigenvalue weighted by atomic mass is 32.1. The van der Waals surface area contributed by atoms with Gasteiger partial charge in [-0.3, -0.25) is 9.20 Å². The van der Waals surface area contributed by atoms with Crippen LogP contribution in [-0.4, -0.2) is 25.1 Å². The zero-order valence-electron chi connectivity index (χ0n) is 16.4. The average molecular weight is 449 g/mol. The number of esters is 1. The molecule has 0 spiro atoms. The van der Waals surface area contributed by atoms with Crippen molar-refractivity contribution in [3.05, 3.63) is 92.8 Å². The molecule has 0 aliphatic rings. The molecule has 0 aliphatic heterocycles. The second kappa shape index (κ2) is 7.93. The minimum atomic E-state index is -0.538. The fourth-order valence-electron chi connectivity index (χ4n) is 3.23. The Labute approximate surface area is 184 Å². The van der Waals surface area contributed by atoms with E-state index in [9.17, 15) is 9.59 Å². The summed E-state index contributed by atoms with van der Waals surface area (Å²) in [5, 5.41) is 8.44. The van der Waals surface area contributed by atoms with Crippen LogP contribution in [0.2, 0.25) is 0 Å². The van der Waals surface area contributed by atoms with Gasteiger partial charge in [-0.2, -0.15) is 5.10 Å². The lowest BCUT2D eigenvalue weighted by Crippen LogP contribution is -2.17. The first kappa shape index (κ1) is 19.4. The molecule has 0 saturated heterocycles. The summed E-state index contributed by atoms with van der Waals surface area (Å²) in [5.41, 5.74) is 2.80. The molecule has 5 aromatic rings. The summed E-state index contributed by atoms with van der Waals surface area (Å²) < 4.78 is 8.63. The third-order valence-corrected chi connectivity index (χ3v) is 6.51. The van der Waals surface area contributed by atoms with Gasteiger partial charge in [0.2, 0.25) is 0 Å². The number of aromatic nitrogens is 4. The lowest BCUT2D eigenvalue weighted by Gasteiger charge is -2.08. The maximum atomic E-state index is 13.0. The van der Waals surface area contributed by atoms with Crippen molar-refractivity contribution in [3.8, 4) is 16.3 Å². The number of nitrogens with zero attached hydrogens (tertiary/aromatic N) is 4. The van der Waals surface area contributed by atoms with Crippen LogP contribution in [0.1, 0.15) is 21.9 Å². The number of rotatable bonds is 5. The van der Waals surface area contributed by atoms with Gasteiger partial charge in [0.25, 0.3) is 5.56 Å². The number of carbonyl (C=O) groups excluding carboxylic acids is 1. The molecule has 0 radical (unpaired) electrons. The lowest BCUT2D eigenvalue weighted by atomic mass is 10.3. The highest BCUT2D eigenvalue weighted by Crippen LogP contribution is 2.26. The zero-order chi connectivity index (χ0) is 21.4. The Morgan fingerprint density at radius 1 is 1.10 bits per heavy atom. The Balaban J connectivity index is 1.45. The molecule has 9 heteroatoms. The molecule has 0 bridgehead atoms. The topological polar surface area (TPSA) is 78.5 Å². The van der Waals surface area contributed by atoms with Gasteiger partial charge in [0.15, 0.2) is 10.7 Å². The van der Waals surface area contributed by atoms with E-state index in [1.54, 1.807) is 22.1 Å². The number of thiophene rings is 1. The van der Waals surface area contributed by atoms with Gasteiger partial charge >= 0.3 is 5.97 Å². The van der Waals surface area contributed by atoms with Crippen LogP contribution in [-0.2, 0) is 11.3 Å². The van der Waals surface area contributed by atoms with Crippen molar-refractivity contribution in [1.82, 2.24) is 19.2 Å². The van der Waals surface area contributed by atoms with Crippen molar-refractivity contribution in [1.29, 1.82) is 0 Å². The number of hydrogen-bond acceptors (Lipinski definition) is 7. The Hall–Kier alpha value is -3.56. The van der Waals surface area contributed by atoms with E-state index in [0.29, 0.717) is 22.0 Å². The van der Waals surface area contributed by atoms with Crippen LogP contribution >= 0.6 is 22.7 Å². The molecule has 5 rings (SSSR count). The van der Waals surface area contributed by atoms with Gasteiger partial charge in [0, 0.05) is 23.2 Å².